The van der Waals surface area contributed by atoms with Crippen LogP contribution in [-0.2, 0) is 21.4 Å². The van der Waals surface area contributed by atoms with Crippen molar-refractivity contribution in [3.8, 4) is 17.1 Å². The van der Waals surface area contributed by atoms with Crippen LogP contribution < -0.4 is 4.74 Å². The number of halogens is 1. The number of hydrogen-bond donors (Lipinski definition) is 0. The number of carbonyl (C=O) groups is 1. The molecule has 34 heavy (non-hydrogen) atoms. The van der Waals surface area contributed by atoms with E-state index < -0.39 is 15.8 Å². The summed E-state index contributed by atoms with van der Waals surface area (Å²) >= 11 is 0. The Balaban J connectivity index is 1.33. The summed E-state index contributed by atoms with van der Waals surface area (Å²) < 4.78 is 50.5. The van der Waals surface area contributed by atoms with E-state index in [0.29, 0.717) is 30.3 Å². The quantitative estimate of drug-likeness (QED) is 0.503. The average Bonchev–Trinajstić information content (AvgIpc) is 3.32. The first kappa shape index (κ1) is 23.8. The predicted octanol–water partition coefficient (Wildman–Crippen LogP) is 2.94. The molecular formula is C23H25FN4O5S. The van der Waals surface area contributed by atoms with Crippen molar-refractivity contribution >= 4 is 15.9 Å². The molecule has 3 aromatic rings. The van der Waals surface area contributed by atoms with Gasteiger partial charge in [-0.15, -0.1) is 0 Å². The molecule has 180 valence electrons. The molecule has 1 saturated heterocycles. The molecule has 0 radical (unpaired) electrons. The molecular weight excluding hydrogens is 463 g/mol. The number of hydrogen-bond acceptors (Lipinski definition) is 7. The van der Waals surface area contributed by atoms with Gasteiger partial charge in [-0.3, -0.25) is 4.79 Å². The number of ether oxygens (including phenoxy) is 1. The van der Waals surface area contributed by atoms with E-state index in [2.05, 4.69) is 10.1 Å². The van der Waals surface area contributed by atoms with Crippen molar-refractivity contribution in [1.82, 2.24) is 19.3 Å². The molecule has 9 nitrogen and oxygen atoms in total. The summed E-state index contributed by atoms with van der Waals surface area (Å²) in [5.74, 6) is 0.519. The van der Waals surface area contributed by atoms with Crippen LogP contribution in [0.1, 0.15) is 18.7 Å². The van der Waals surface area contributed by atoms with Crippen LogP contribution in [0.5, 0.6) is 5.75 Å². The van der Waals surface area contributed by atoms with Crippen LogP contribution in [0.3, 0.4) is 0 Å². The van der Waals surface area contributed by atoms with Gasteiger partial charge in [-0.1, -0.05) is 5.16 Å². The highest BCUT2D eigenvalue weighted by atomic mass is 32.2. The van der Waals surface area contributed by atoms with E-state index in [1.807, 2.05) is 12.1 Å². The lowest BCUT2D eigenvalue weighted by Gasteiger charge is -2.32. The van der Waals surface area contributed by atoms with Crippen LogP contribution in [0.15, 0.2) is 57.9 Å². The van der Waals surface area contributed by atoms with Gasteiger partial charge >= 0.3 is 0 Å². The first-order chi connectivity index (χ1) is 16.3. The number of carbonyl (C=O) groups excluding carboxylic acids is 1. The summed E-state index contributed by atoms with van der Waals surface area (Å²) in [5.41, 5.74) is 0.763. The molecule has 4 rings (SSSR count). The molecule has 0 unspecified atom stereocenters. The molecule has 0 bridgehead atoms. The molecule has 1 aliphatic heterocycles. The SMILES string of the molecule is COc1ccc(-c2noc(CN(C)C(=O)C3CCN(S(=O)(=O)c4ccc(F)cc4)CC3)n2)cc1. The Kier molecular flexibility index (Phi) is 6.94. The summed E-state index contributed by atoms with van der Waals surface area (Å²) in [6.07, 6.45) is 0.787. The number of benzene rings is 2. The minimum atomic E-state index is -3.72. The van der Waals surface area contributed by atoms with E-state index in [1.165, 1.54) is 21.3 Å². The first-order valence-electron chi connectivity index (χ1n) is 10.8. The van der Waals surface area contributed by atoms with Crippen molar-refractivity contribution in [2.45, 2.75) is 24.3 Å². The molecule has 2 heterocycles. The van der Waals surface area contributed by atoms with E-state index in [9.17, 15) is 17.6 Å². The lowest BCUT2D eigenvalue weighted by atomic mass is 9.97. The van der Waals surface area contributed by atoms with Gasteiger partial charge in [-0.25, -0.2) is 12.8 Å². The molecule has 0 spiro atoms. The van der Waals surface area contributed by atoms with Crippen LogP contribution in [0.4, 0.5) is 4.39 Å². The summed E-state index contributed by atoms with van der Waals surface area (Å²) in [5, 5.41) is 3.98. The number of rotatable bonds is 7. The van der Waals surface area contributed by atoms with Crippen LogP contribution in [0.2, 0.25) is 0 Å². The van der Waals surface area contributed by atoms with Gasteiger partial charge < -0.3 is 14.2 Å². The molecule has 1 amide bonds. The highest BCUT2D eigenvalue weighted by Crippen LogP contribution is 2.26. The molecule has 1 aromatic heterocycles. The lowest BCUT2D eigenvalue weighted by Crippen LogP contribution is -2.43. The zero-order valence-electron chi connectivity index (χ0n) is 18.8. The number of sulfonamides is 1. The van der Waals surface area contributed by atoms with Crippen LogP contribution >= 0.6 is 0 Å². The Hall–Kier alpha value is -3.31. The maximum atomic E-state index is 13.1. The molecule has 0 atom stereocenters. The molecule has 0 N–H and O–H groups in total. The van der Waals surface area contributed by atoms with Crippen molar-refractivity contribution < 1.29 is 26.9 Å². The van der Waals surface area contributed by atoms with E-state index in [0.717, 1.165) is 17.7 Å². The smallest absolute Gasteiger partial charge is 0.246 e. The van der Waals surface area contributed by atoms with Gasteiger partial charge in [0.05, 0.1) is 18.6 Å². The van der Waals surface area contributed by atoms with Crippen molar-refractivity contribution in [1.29, 1.82) is 0 Å². The maximum absolute atomic E-state index is 13.1. The minimum Gasteiger partial charge on any atom is -0.497 e. The molecule has 11 heteroatoms. The summed E-state index contributed by atoms with van der Waals surface area (Å²) in [4.78, 5) is 18.8. The Morgan fingerprint density at radius 1 is 1.15 bits per heavy atom. The van der Waals surface area contributed by atoms with Crippen molar-refractivity contribution in [3.63, 3.8) is 0 Å². The summed E-state index contributed by atoms with van der Waals surface area (Å²) in [7, 11) is -0.484. The predicted molar refractivity (Wildman–Crippen MR) is 121 cm³/mol. The van der Waals surface area contributed by atoms with E-state index in [-0.39, 0.29) is 36.4 Å². The fourth-order valence-electron chi connectivity index (χ4n) is 3.87. The van der Waals surface area contributed by atoms with E-state index in [4.69, 9.17) is 9.26 Å². The van der Waals surface area contributed by atoms with E-state index >= 15 is 0 Å². The third kappa shape index (κ3) is 5.10. The Morgan fingerprint density at radius 2 is 1.79 bits per heavy atom. The fourth-order valence-corrected chi connectivity index (χ4v) is 5.34. The Labute approximate surface area is 197 Å². The number of amides is 1. The number of methoxy groups -OCH3 is 1. The number of aromatic nitrogens is 2. The Bertz CT molecular complexity index is 1240. The summed E-state index contributed by atoms with van der Waals surface area (Å²) in [6, 6.07) is 12.0. The van der Waals surface area contributed by atoms with Crippen LogP contribution in [0, 0.1) is 11.7 Å². The molecule has 1 aliphatic rings. The largest absolute Gasteiger partial charge is 0.497 e. The monoisotopic (exact) mass is 488 g/mol. The lowest BCUT2D eigenvalue weighted by molar-refractivity contribution is -0.136. The maximum Gasteiger partial charge on any atom is 0.246 e. The van der Waals surface area contributed by atoms with Gasteiger partial charge in [-0.05, 0) is 61.4 Å². The van der Waals surface area contributed by atoms with Gasteiger partial charge in [0.2, 0.25) is 27.6 Å². The first-order valence-corrected chi connectivity index (χ1v) is 12.2. The normalized spacial score (nSPS) is 15.3. The average molecular weight is 489 g/mol. The van der Waals surface area contributed by atoms with E-state index in [1.54, 1.807) is 26.3 Å². The van der Waals surface area contributed by atoms with Gasteiger partial charge in [-0.2, -0.15) is 9.29 Å². The second kappa shape index (κ2) is 9.90. The second-order valence-electron chi connectivity index (χ2n) is 8.07. The molecule has 0 saturated carbocycles. The van der Waals surface area contributed by atoms with Crippen molar-refractivity contribution in [2.24, 2.45) is 5.92 Å². The van der Waals surface area contributed by atoms with Gasteiger partial charge in [0, 0.05) is 31.6 Å². The highest BCUT2D eigenvalue weighted by molar-refractivity contribution is 7.89. The molecule has 1 fully saturated rings. The Morgan fingerprint density at radius 3 is 2.41 bits per heavy atom. The fraction of sp³-hybridized carbons (Fsp3) is 0.348. The van der Waals surface area contributed by atoms with Gasteiger partial charge in [0.25, 0.3) is 0 Å². The topological polar surface area (TPSA) is 106 Å². The van der Waals surface area contributed by atoms with Gasteiger partial charge in [0.15, 0.2) is 0 Å². The molecule has 2 aromatic carbocycles. The van der Waals surface area contributed by atoms with Crippen LogP contribution in [-0.4, -0.2) is 60.9 Å². The number of piperidine rings is 1. The number of nitrogens with zero attached hydrogens (tertiary/aromatic N) is 4. The standard InChI is InChI=1S/C23H25FN4O5S/c1-27(15-21-25-22(26-33-21)16-3-7-19(32-2)8-4-16)23(29)17-11-13-28(14-12-17)34(30,31)20-9-5-18(24)6-10-20/h3-10,17H,11-15H2,1-2H3. The zero-order chi connectivity index (χ0) is 24.3. The van der Waals surface area contributed by atoms with Crippen LogP contribution in [0.25, 0.3) is 11.4 Å². The third-order valence-electron chi connectivity index (χ3n) is 5.82. The second-order valence-corrected chi connectivity index (χ2v) is 10.0. The minimum absolute atomic E-state index is 0.0415. The molecule has 0 aliphatic carbocycles. The highest BCUT2D eigenvalue weighted by Gasteiger charge is 2.33. The van der Waals surface area contributed by atoms with Gasteiger partial charge in [0.1, 0.15) is 11.6 Å². The van der Waals surface area contributed by atoms with Crippen molar-refractivity contribution in [3.05, 3.63) is 60.2 Å². The third-order valence-corrected chi connectivity index (χ3v) is 7.73. The van der Waals surface area contributed by atoms with Crippen molar-refractivity contribution in [2.75, 3.05) is 27.2 Å². The summed E-state index contributed by atoms with van der Waals surface area (Å²) in [6.45, 7) is 0.578. The zero-order valence-corrected chi connectivity index (χ0v) is 19.7.